The molecule has 0 amide bonds. The Morgan fingerprint density at radius 3 is 2.81 bits per heavy atom. The van der Waals surface area contributed by atoms with Crippen LogP contribution in [0.2, 0.25) is 5.02 Å². The van der Waals surface area contributed by atoms with Crippen LogP contribution < -0.4 is 0 Å². The Balaban J connectivity index is 2.11. The second-order valence-corrected chi connectivity index (χ2v) is 4.81. The molecule has 1 aliphatic rings. The smallest absolute Gasteiger partial charge is 0.0663 e. The maximum Gasteiger partial charge on any atom is 0.0663 e. The van der Waals surface area contributed by atoms with E-state index in [4.69, 9.17) is 11.6 Å². The molecule has 2 aromatic rings. The van der Waals surface area contributed by atoms with Crippen molar-refractivity contribution in [1.82, 2.24) is 9.78 Å². The Bertz CT molecular complexity index is 526. The number of hydrogen-bond donors (Lipinski definition) is 0. The van der Waals surface area contributed by atoms with E-state index in [9.17, 15) is 0 Å². The number of halogens is 1. The third-order valence-electron chi connectivity index (χ3n) is 2.91. The highest BCUT2D eigenvalue weighted by molar-refractivity contribution is 6.30. The van der Waals surface area contributed by atoms with Crippen LogP contribution >= 0.6 is 11.6 Å². The van der Waals surface area contributed by atoms with Gasteiger partial charge in [0.15, 0.2) is 0 Å². The second-order valence-electron chi connectivity index (χ2n) is 4.38. The predicted octanol–water partition coefficient (Wildman–Crippen LogP) is 3.71. The van der Waals surface area contributed by atoms with E-state index in [2.05, 4.69) is 11.2 Å². The summed E-state index contributed by atoms with van der Waals surface area (Å²) in [5.41, 5.74) is 3.45. The highest BCUT2D eigenvalue weighted by Crippen LogP contribution is 2.41. The van der Waals surface area contributed by atoms with Crippen molar-refractivity contribution in [2.24, 2.45) is 0 Å². The molecule has 0 atom stereocenters. The number of nitrogens with zero attached hydrogens (tertiary/aromatic N) is 2. The van der Waals surface area contributed by atoms with E-state index in [1.807, 2.05) is 35.9 Å². The molecule has 2 nitrogen and oxygen atoms in total. The minimum Gasteiger partial charge on any atom is -0.237 e. The summed E-state index contributed by atoms with van der Waals surface area (Å²) >= 11 is 6.01. The number of aryl methyl sites for hydroxylation is 1. The van der Waals surface area contributed by atoms with Crippen LogP contribution in [0.3, 0.4) is 0 Å². The topological polar surface area (TPSA) is 17.8 Å². The van der Waals surface area contributed by atoms with E-state index in [-0.39, 0.29) is 0 Å². The van der Waals surface area contributed by atoms with E-state index in [0.29, 0.717) is 5.92 Å². The van der Waals surface area contributed by atoms with Gasteiger partial charge in [-0.25, -0.2) is 4.68 Å². The molecule has 0 N–H and O–H groups in total. The van der Waals surface area contributed by atoms with Gasteiger partial charge in [0.2, 0.25) is 0 Å². The highest BCUT2D eigenvalue weighted by Gasteiger charge is 2.28. The number of aromatic nitrogens is 2. The molecule has 1 saturated carbocycles. The van der Waals surface area contributed by atoms with Crippen LogP contribution in [-0.4, -0.2) is 9.78 Å². The van der Waals surface area contributed by atoms with Gasteiger partial charge in [-0.3, -0.25) is 0 Å². The summed E-state index contributed by atoms with van der Waals surface area (Å²) in [5, 5.41) is 5.30. The van der Waals surface area contributed by atoms with Gasteiger partial charge in [-0.2, -0.15) is 5.10 Å². The van der Waals surface area contributed by atoms with Crippen LogP contribution in [-0.2, 0) is 0 Å². The fraction of sp³-hybridized carbons (Fsp3) is 0.308. The van der Waals surface area contributed by atoms with Gasteiger partial charge in [0.1, 0.15) is 0 Å². The van der Waals surface area contributed by atoms with Gasteiger partial charge in [-0.15, -0.1) is 0 Å². The number of hydrogen-bond acceptors (Lipinski definition) is 1. The molecule has 0 saturated heterocycles. The SMILES string of the molecule is Cc1cc(C2CC2)n(-c2cccc(Cl)c2)n1. The van der Waals surface area contributed by atoms with Crippen molar-refractivity contribution in [2.75, 3.05) is 0 Å². The molecule has 0 aliphatic heterocycles. The number of benzene rings is 1. The van der Waals surface area contributed by atoms with E-state index in [1.165, 1.54) is 18.5 Å². The molecule has 0 spiro atoms. The lowest BCUT2D eigenvalue weighted by Gasteiger charge is -2.06. The van der Waals surface area contributed by atoms with Crippen molar-refractivity contribution in [3.05, 3.63) is 46.7 Å². The normalized spacial score (nSPS) is 15.4. The molecule has 0 unspecified atom stereocenters. The summed E-state index contributed by atoms with van der Waals surface area (Å²) in [4.78, 5) is 0. The van der Waals surface area contributed by atoms with Gasteiger partial charge >= 0.3 is 0 Å². The zero-order valence-electron chi connectivity index (χ0n) is 9.15. The first-order chi connectivity index (χ1) is 7.74. The Morgan fingerprint density at radius 2 is 2.12 bits per heavy atom. The molecule has 0 bridgehead atoms. The summed E-state index contributed by atoms with van der Waals surface area (Å²) in [6.45, 7) is 2.03. The van der Waals surface area contributed by atoms with Crippen LogP contribution in [0, 0.1) is 6.92 Å². The molecule has 1 aromatic carbocycles. The third kappa shape index (κ3) is 1.74. The van der Waals surface area contributed by atoms with Crippen LogP contribution in [0.25, 0.3) is 5.69 Å². The van der Waals surface area contributed by atoms with Gasteiger partial charge in [-0.05, 0) is 44.0 Å². The summed E-state index contributed by atoms with van der Waals surface area (Å²) in [6.07, 6.45) is 2.57. The molecular weight excluding hydrogens is 220 g/mol. The first kappa shape index (κ1) is 9.91. The fourth-order valence-electron chi connectivity index (χ4n) is 2.00. The molecule has 1 aromatic heterocycles. The minimum atomic E-state index is 0.695. The average Bonchev–Trinajstić information content (AvgIpc) is 3.02. The van der Waals surface area contributed by atoms with Crippen molar-refractivity contribution in [3.8, 4) is 5.69 Å². The molecule has 16 heavy (non-hydrogen) atoms. The largest absolute Gasteiger partial charge is 0.237 e. The Kier molecular flexibility index (Phi) is 2.25. The van der Waals surface area contributed by atoms with Crippen molar-refractivity contribution < 1.29 is 0 Å². The van der Waals surface area contributed by atoms with Crippen molar-refractivity contribution >= 4 is 11.6 Å². The molecule has 1 heterocycles. The fourth-order valence-corrected chi connectivity index (χ4v) is 2.19. The third-order valence-corrected chi connectivity index (χ3v) is 3.14. The lowest BCUT2D eigenvalue weighted by atomic mass is 10.2. The maximum atomic E-state index is 6.01. The first-order valence-corrected chi connectivity index (χ1v) is 5.94. The van der Waals surface area contributed by atoms with Gasteiger partial charge in [0.05, 0.1) is 11.4 Å². The monoisotopic (exact) mass is 232 g/mol. The lowest BCUT2D eigenvalue weighted by molar-refractivity contribution is 0.799. The van der Waals surface area contributed by atoms with Crippen LogP contribution in [0.1, 0.15) is 30.1 Å². The van der Waals surface area contributed by atoms with E-state index >= 15 is 0 Å². The van der Waals surface area contributed by atoms with Crippen LogP contribution in [0.4, 0.5) is 0 Å². The summed E-state index contributed by atoms with van der Waals surface area (Å²) in [6, 6.07) is 10.0. The van der Waals surface area contributed by atoms with Crippen LogP contribution in [0.5, 0.6) is 0 Å². The van der Waals surface area contributed by atoms with Crippen molar-refractivity contribution in [2.45, 2.75) is 25.7 Å². The summed E-state index contributed by atoms with van der Waals surface area (Å²) < 4.78 is 2.03. The zero-order chi connectivity index (χ0) is 11.1. The molecule has 3 heteroatoms. The maximum absolute atomic E-state index is 6.01. The Morgan fingerprint density at radius 1 is 1.31 bits per heavy atom. The van der Waals surface area contributed by atoms with Gasteiger partial charge < -0.3 is 0 Å². The molecular formula is C13H13ClN2. The standard InChI is InChI=1S/C13H13ClN2/c1-9-7-13(10-5-6-10)16(15-9)12-4-2-3-11(14)8-12/h2-4,7-8,10H,5-6H2,1H3. The summed E-state index contributed by atoms with van der Waals surface area (Å²) in [5.74, 6) is 0.695. The molecule has 0 radical (unpaired) electrons. The Labute approximate surface area is 99.9 Å². The molecule has 3 rings (SSSR count). The van der Waals surface area contributed by atoms with E-state index < -0.39 is 0 Å². The summed E-state index contributed by atoms with van der Waals surface area (Å²) in [7, 11) is 0. The van der Waals surface area contributed by atoms with E-state index in [1.54, 1.807) is 0 Å². The van der Waals surface area contributed by atoms with Crippen molar-refractivity contribution in [1.29, 1.82) is 0 Å². The predicted molar refractivity (Wildman–Crippen MR) is 65.3 cm³/mol. The van der Waals surface area contributed by atoms with Crippen molar-refractivity contribution in [3.63, 3.8) is 0 Å². The Hall–Kier alpha value is -1.28. The number of rotatable bonds is 2. The van der Waals surface area contributed by atoms with Gasteiger partial charge in [0, 0.05) is 16.6 Å². The lowest BCUT2D eigenvalue weighted by Crippen LogP contribution is -2.00. The van der Waals surface area contributed by atoms with Crippen LogP contribution in [0.15, 0.2) is 30.3 Å². The van der Waals surface area contributed by atoms with Gasteiger partial charge in [-0.1, -0.05) is 17.7 Å². The zero-order valence-corrected chi connectivity index (χ0v) is 9.91. The first-order valence-electron chi connectivity index (χ1n) is 5.56. The molecule has 1 aliphatic carbocycles. The highest BCUT2D eigenvalue weighted by atomic mass is 35.5. The second kappa shape index (κ2) is 3.63. The van der Waals surface area contributed by atoms with E-state index in [0.717, 1.165) is 16.4 Å². The molecule has 82 valence electrons. The minimum absolute atomic E-state index is 0.695. The average molecular weight is 233 g/mol. The quantitative estimate of drug-likeness (QED) is 0.772. The van der Waals surface area contributed by atoms with Gasteiger partial charge in [0.25, 0.3) is 0 Å². The molecule has 1 fully saturated rings.